The number of nitrogens with two attached hydrogens (primary N) is 1. The van der Waals surface area contributed by atoms with Crippen LogP contribution in [0.15, 0.2) is 66.7 Å². The Balaban J connectivity index is 1.41. The van der Waals surface area contributed by atoms with Crippen LogP contribution in [-0.4, -0.2) is 63.0 Å². The highest BCUT2D eigenvalue weighted by atomic mass is 16.4. The van der Waals surface area contributed by atoms with Crippen LogP contribution in [-0.2, 0) is 45.0 Å². The summed E-state index contributed by atoms with van der Waals surface area (Å²) in [4.78, 5) is 56.4. The van der Waals surface area contributed by atoms with Gasteiger partial charge in [0, 0.05) is 19.4 Å². The summed E-state index contributed by atoms with van der Waals surface area (Å²) in [5.41, 5.74) is 11.7. The Kier molecular flexibility index (Phi) is 12.0. The number of aliphatic carboxylic acids is 1. The molecule has 50 heavy (non-hydrogen) atoms. The van der Waals surface area contributed by atoms with Crippen molar-refractivity contribution >= 4 is 23.7 Å². The normalized spacial score (nSPS) is 18.6. The molecule has 3 aromatic carbocycles. The van der Waals surface area contributed by atoms with Crippen LogP contribution in [0.3, 0.4) is 0 Å². The van der Waals surface area contributed by atoms with Crippen molar-refractivity contribution in [2.45, 2.75) is 103 Å². The lowest BCUT2D eigenvalue weighted by molar-refractivity contribution is -0.145. The molecule has 2 aliphatic rings. The number of nitrogens with one attached hydrogen (secondary N) is 2. The predicted octanol–water partition coefficient (Wildman–Crippen LogP) is 4.35. The fourth-order valence-electron chi connectivity index (χ4n) is 7.73. The standard InChI is InChI=1S/C40H50N4O6/c1-24-18-31(45)19-25(2)32(24)22-33(41)39(48)44-23-30-17-11-10-16-29(30)21-35(44)37(46)43-36(26(3)28-14-8-5-9-15-28)38(47)42-34(40(49)50)20-27-12-6-4-7-13-27/h4,6-7,10-13,16-19,26,28,33-36,45H,5,8-9,14-15,20-23,41H2,1-3H3,(H,42,47)(H,43,46)(H,49,50)/t26-,33+,34+,35+,36+/m1/s1. The number of carbonyl (C=O) groups is 4. The second-order valence-corrected chi connectivity index (χ2v) is 14.2. The first kappa shape index (κ1) is 36.6. The van der Waals surface area contributed by atoms with E-state index in [9.17, 15) is 29.4 Å². The lowest BCUT2D eigenvalue weighted by Gasteiger charge is -2.39. The largest absolute Gasteiger partial charge is 0.508 e. The number of nitrogens with zero attached hydrogens (tertiary/aromatic N) is 1. The molecule has 1 saturated carbocycles. The Morgan fingerprint density at radius 1 is 0.880 bits per heavy atom. The van der Waals surface area contributed by atoms with Crippen molar-refractivity contribution in [2.75, 3.05) is 0 Å². The molecule has 6 N–H and O–H groups in total. The maximum Gasteiger partial charge on any atom is 0.326 e. The number of rotatable bonds is 12. The van der Waals surface area contributed by atoms with Crippen LogP contribution >= 0.6 is 0 Å². The zero-order valence-electron chi connectivity index (χ0n) is 29.2. The third kappa shape index (κ3) is 8.71. The van der Waals surface area contributed by atoms with E-state index in [0.717, 1.165) is 65.5 Å². The minimum atomic E-state index is -1.19. The second kappa shape index (κ2) is 16.3. The highest BCUT2D eigenvalue weighted by molar-refractivity contribution is 5.95. The number of carboxylic acid groups (broad SMARTS) is 1. The van der Waals surface area contributed by atoms with Crippen molar-refractivity contribution in [2.24, 2.45) is 17.6 Å². The average Bonchev–Trinajstić information content (AvgIpc) is 3.11. The maximum atomic E-state index is 14.4. The number of carbonyl (C=O) groups excluding carboxylic acids is 3. The number of fused-ring (bicyclic) bond motifs is 1. The third-order valence-corrected chi connectivity index (χ3v) is 10.7. The van der Waals surface area contributed by atoms with E-state index in [4.69, 9.17) is 5.73 Å². The molecule has 0 saturated heterocycles. The van der Waals surface area contributed by atoms with Crippen LogP contribution < -0.4 is 16.4 Å². The Morgan fingerprint density at radius 2 is 1.50 bits per heavy atom. The first-order chi connectivity index (χ1) is 23.9. The minimum absolute atomic E-state index is 0.0972. The van der Waals surface area contributed by atoms with E-state index in [1.165, 1.54) is 4.90 Å². The molecule has 5 atom stereocenters. The average molecular weight is 683 g/mol. The Hall–Kier alpha value is -4.70. The first-order valence-electron chi connectivity index (χ1n) is 17.7. The SMILES string of the molecule is Cc1cc(O)cc(C)c1C[C@H](N)C(=O)N1Cc2ccccc2C[C@H]1C(=O)N[C@H](C(=O)N[C@@H](Cc1ccccc1)C(=O)O)[C@H](C)C1CCCCC1. The van der Waals surface area contributed by atoms with Crippen LogP contribution in [0.1, 0.15) is 72.4 Å². The van der Waals surface area contributed by atoms with Gasteiger partial charge in [0.15, 0.2) is 0 Å². The molecular weight excluding hydrogens is 632 g/mol. The zero-order chi connectivity index (χ0) is 35.9. The molecule has 266 valence electrons. The summed E-state index contributed by atoms with van der Waals surface area (Å²) in [5.74, 6) is -2.53. The lowest BCUT2D eigenvalue weighted by atomic mass is 9.77. The van der Waals surface area contributed by atoms with Gasteiger partial charge in [0.25, 0.3) is 0 Å². The van der Waals surface area contributed by atoms with Crippen molar-refractivity contribution < 1.29 is 29.4 Å². The number of aryl methyl sites for hydroxylation is 2. The summed E-state index contributed by atoms with van der Waals surface area (Å²) in [6, 6.07) is 16.0. The van der Waals surface area contributed by atoms with E-state index < -0.39 is 42.0 Å². The van der Waals surface area contributed by atoms with Crippen molar-refractivity contribution in [1.82, 2.24) is 15.5 Å². The number of amides is 3. The summed E-state index contributed by atoms with van der Waals surface area (Å²) in [7, 11) is 0. The van der Waals surface area contributed by atoms with E-state index in [2.05, 4.69) is 10.6 Å². The van der Waals surface area contributed by atoms with Crippen LogP contribution in [0, 0.1) is 25.7 Å². The molecule has 0 spiro atoms. The fourth-order valence-corrected chi connectivity index (χ4v) is 7.73. The highest BCUT2D eigenvalue weighted by Gasteiger charge is 2.41. The summed E-state index contributed by atoms with van der Waals surface area (Å²) in [6.45, 7) is 5.85. The molecule has 1 heterocycles. The minimum Gasteiger partial charge on any atom is -0.508 e. The summed E-state index contributed by atoms with van der Waals surface area (Å²) in [6.07, 6.45) is 5.58. The molecule has 1 aliphatic carbocycles. The first-order valence-corrected chi connectivity index (χ1v) is 17.7. The van der Waals surface area contributed by atoms with Gasteiger partial charge in [-0.25, -0.2) is 4.79 Å². The van der Waals surface area contributed by atoms with E-state index in [1.54, 1.807) is 12.1 Å². The van der Waals surface area contributed by atoms with E-state index in [-0.39, 0.29) is 49.3 Å². The fraction of sp³-hybridized carbons (Fsp3) is 0.450. The van der Waals surface area contributed by atoms with Gasteiger partial charge >= 0.3 is 5.97 Å². The molecule has 10 nitrogen and oxygen atoms in total. The van der Waals surface area contributed by atoms with Crippen molar-refractivity contribution in [3.8, 4) is 5.75 Å². The van der Waals surface area contributed by atoms with Crippen LogP contribution in [0.25, 0.3) is 0 Å². The number of phenols is 1. The quantitative estimate of drug-likeness (QED) is 0.190. The molecule has 0 bridgehead atoms. The Bertz CT molecular complexity index is 1670. The van der Waals surface area contributed by atoms with Gasteiger partial charge < -0.3 is 31.5 Å². The zero-order valence-corrected chi connectivity index (χ0v) is 29.2. The third-order valence-electron chi connectivity index (χ3n) is 10.7. The summed E-state index contributed by atoms with van der Waals surface area (Å²) >= 11 is 0. The molecule has 0 aromatic heterocycles. The number of hydrogen-bond acceptors (Lipinski definition) is 6. The number of phenolic OH excluding ortho intramolecular Hbond substituents is 1. The van der Waals surface area contributed by atoms with Gasteiger partial charge in [-0.05, 0) is 77.6 Å². The molecular formula is C40H50N4O6. The van der Waals surface area contributed by atoms with Gasteiger partial charge in [0.1, 0.15) is 23.9 Å². The molecule has 1 aliphatic heterocycles. The van der Waals surface area contributed by atoms with Crippen LogP contribution in [0.4, 0.5) is 0 Å². The lowest BCUT2D eigenvalue weighted by Crippen LogP contribution is -2.61. The molecule has 3 amide bonds. The molecule has 10 heteroatoms. The van der Waals surface area contributed by atoms with Crippen LogP contribution in [0.5, 0.6) is 5.75 Å². The number of carboxylic acids is 1. The topological polar surface area (TPSA) is 162 Å². The van der Waals surface area contributed by atoms with Gasteiger partial charge in [-0.1, -0.05) is 93.6 Å². The second-order valence-electron chi connectivity index (χ2n) is 14.2. The van der Waals surface area contributed by atoms with Gasteiger partial charge in [-0.3, -0.25) is 14.4 Å². The van der Waals surface area contributed by atoms with E-state index in [1.807, 2.05) is 75.4 Å². The number of hydrogen-bond donors (Lipinski definition) is 5. The van der Waals surface area contributed by atoms with Gasteiger partial charge in [0.05, 0.1) is 6.04 Å². The molecule has 3 aromatic rings. The Morgan fingerprint density at radius 3 is 2.14 bits per heavy atom. The van der Waals surface area contributed by atoms with Crippen LogP contribution in [0.2, 0.25) is 0 Å². The monoisotopic (exact) mass is 682 g/mol. The van der Waals surface area contributed by atoms with E-state index >= 15 is 0 Å². The predicted molar refractivity (Wildman–Crippen MR) is 191 cm³/mol. The smallest absolute Gasteiger partial charge is 0.326 e. The van der Waals surface area contributed by atoms with Gasteiger partial charge in [-0.15, -0.1) is 0 Å². The molecule has 0 unspecified atom stereocenters. The number of benzene rings is 3. The van der Waals surface area contributed by atoms with Crippen molar-refractivity contribution in [3.63, 3.8) is 0 Å². The molecule has 1 fully saturated rings. The van der Waals surface area contributed by atoms with E-state index in [0.29, 0.717) is 0 Å². The maximum absolute atomic E-state index is 14.4. The number of aromatic hydroxyl groups is 1. The summed E-state index contributed by atoms with van der Waals surface area (Å²) < 4.78 is 0. The van der Waals surface area contributed by atoms with Crippen molar-refractivity contribution in [1.29, 1.82) is 0 Å². The Labute approximate surface area is 294 Å². The summed E-state index contributed by atoms with van der Waals surface area (Å²) in [5, 5.41) is 25.8. The van der Waals surface area contributed by atoms with Crippen molar-refractivity contribution in [3.05, 3.63) is 100 Å². The van der Waals surface area contributed by atoms with Gasteiger partial charge in [-0.2, -0.15) is 0 Å². The highest BCUT2D eigenvalue weighted by Crippen LogP contribution is 2.32. The molecule has 0 radical (unpaired) electrons. The van der Waals surface area contributed by atoms with Gasteiger partial charge in [0.2, 0.25) is 17.7 Å². The molecule has 5 rings (SSSR count).